The summed E-state index contributed by atoms with van der Waals surface area (Å²) in [6.45, 7) is 4.36. The van der Waals surface area contributed by atoms with Crippen LogP contribution in [0.4, 0.5) is 11.4 Å². The number of aryl methyl sites for hydroxylation is 3. The van der Waals surface area contributed by atoms with Crippen molar-refractivity contribution in [1.82, 2.24) is 0 Å². The van der Waals surface area contributed by atoms with Crippen molar-refractivity contribution < 1.29 is 14.3 Å². The predicted molar refractivity (Wildman–Crippen MR) is 82.5 cm³/mol. The van der Waals surface area contributed by atoms with E-state index in [4.69, 9.17) is 0 Å². The number of pyridine rings is 1. The lowest BCUT2D eigenvalue weighted by molar-refractivity contribution is -0.695. The number of benzene rings is 1. The molecular weight excluding hydrogens is 282 g/mol. The number of nitro groups is 1. The van der Waals surface area contributed by atoms with E-state index in [2.05, 4.69) is 5.32 Å². The molecule has 6 nitrogen and oxygen atoms in total. The zero-order valence-corrected chi connectivity index (χ0v) is 12.6. The maximum Gasteiger partial charge on any atom is 0.271 e. The molecule has 0 aliphatic heterocycles. The summed E-state index contributed by atoms with van der Waals surface area (Å²) >= 11 is 0. The number of aromatic nitrogens is 1. The first kappa shape index (κ1) is 15.6. The number of nitrogens with zero attached hydrogens (tertiary/aromatic N) is 2. The van der Waals surface area contributed by atoms with Crippen LogP contribution >= 0.6 is 0 Å². The standard InChI is InChI=1S/C16H17N3O3/c1-12-5-8-18(9-6-12)10-7-16(20)17-15-11-14(19(21)22)4-3-13(15)2/h3-6,8-9,11H,7,10H2,1-2H3/p+1. The Kier molecular flexibility index (Phi) is 4.83. The molecule has 0 radical (unpaired) electrons. The van der Waals surface area contributed by atoms with Crippen LogP contribution in [0.15, 0.2) is 42.7 Å². The molecule has 0 fully saturated rings. The van der Waals surface area contributed by atoms with Gasteiger partial charge in [0.25, 0.3) is 5.69 Å². The summed E-state index contributed by atoms with van der Waals surface area (Å²) in [7, 11) is 0. The zero-order chi connectivity index (χ0) is 16.1. The van der Waals surface area contributed by atoms with Crippen molar-refractivity contribution in [3.05, 3.63) is 64.0 Å². The minimum atomic E-state index is -0.475. The highest BCUT2D eigenvalue weighted by atomic mass is 16.6. The Hall–Kier alpha value is -2.76. The maximum absolute atomic E-state index is 12.0. The number of carbonyl (C=O) groups is 1. The molecule has 1 aromatic carbocycles. The third-order valence-corrected chi connectivity index (χ3v) is 3.36. The number of rotatable bonds is 5. The molecule has 0 saturated carbocycles. The second kappa shape index (κ2) is 6.80. The van der Waals surface area contributed by atoms with Crippen molar-refractivity contribution in [3.63, 3.8) is 0 Å². The van der Waals surface area contributed by atoms with Gasteiger partial charge in [-0.2, -0.15) is 0 Å². The Balaban J connectivity index is 1.98. The maximum atomic E-state index is 12.0. The number of hydrogen-bond acceptors (Lipinski definition) is 3. The van der Waals surface area contributed by atoms with Crippen molar-refractivity contribution in [1.29, 1.82) is 0 Å². The van der Waals surface area contributed by atoms with Gasteiger partial charge >= 0.3 is 0 Å². The van der Waals surface area contributed by atoms with E-state index in [-0.39, 0.29) is 11.6 Å². The van der Waals surface area contributed by atoms with Crippen molar-refractivity contribution in [2.75, 3.05) is 5.32 Å². The monoisotopic (exact) mass is 300 g/mol. The predicted octanol–water partition coefficient (Wildman–Crippen LogP) is 2.53. The molecule has 1 amide bonds. The van der Waals surface area contributed by atoms with Gasteiger partial charge in [-0.05, 0) is 25.0 Å². The highest BCUT2D eigenvalue weighted by molar-refractivity contribution is 5.91. The van der Waals surface area contributed by atoms with Gasteiger partial charge in [0, 0.05) is 24.3 Å². The summed E-state index contributed by atoms with van der Waals surface area (Å²) < 4.78 is 1.92. The molecule has 0 aliphatic carbocycles. The first-order chi connectivity index (χ1) is 10.5. The lowest BCUT2D eigenvalue weighted by Gasteiger charge is -2.07. The molecule has 0 unspecified atom stereocenters. The molecule has 0 bridgehead atoms. The Morgan fingerprint density at radius 2 is 1.91 bits per heavy atom. The van der Waals surface area contributed by atoms with Crippen molar-refractivity contribution in [3.8, 4) is 0 Å². The van der Waals surface area contributed by atoms with E-state index in [0.29, 0.717) is 18.7 Å². The molecule has 1 aromatic heterocycles. The van der Waals surface area contributed by atoms with Crippen molar-refractivity contribution in [2.24, 2.45) is 0 Å². The third kappa shape index (κ3) is 4.12. The van der Waals surface area contributed by atoms with Gasteiger partial charge in [0.1, 0.15) is 0 Å². The molecule has 1 heterocycles. The summed E-state index contributed by atoms with van der Waals surface area (Å²) in [5.74, 6) is -0.170. The number of nitro benzene ring substituents is 1. The van der Waals surface area contributed by atoms with Crippen LogP contribution in [0.25, 0.3) is 0 Å². The minimum Gasteiger partial charge on any atom is -0.325 e. The van der Waals surface area contributed by atoms with Gasteiger partial charge in [0.05, 0.1) is 17.0 Å². The van der Waals surface area contributed by atoms with Crippen LogP contribution in [-0.4, -0.2) is 10.8 Å². The Labute approximate surface area is 128 Å². The molecule has 1 N–H and O–H groups in total. The molecular formula is C16H18N3O3+. The van der Waals surface area contributed by atoms with Gasteiger partial charge in [-0.15, -0.1) is 0 Å². The molecule has 22 heavy (non-hydrogen) atoms. The molecule has 0 saturated heterocycles. The number of carbonyl (C=O) groups excluding carboxylic acids is 1. The molecule has 0 spiro atoms. The van der Waals surface area contributed by atoms with E-state index < -0.39 is 4.92 Å². The number of anilines is 1. The summed E-state index contributed by atoms with van der Waals surface area (Å²) in [5.41, 5.74) is 2.40. The van der Waals surface area contributed by atoms with Crippen LogP contribution in [0.1, 0.15) is 17.5 Å². The first-order valence-electron chi connectivity index (χ1n) is 6.96. The molecule has 0 atom stereocenters. The van der Waals surface area contributed by atoms with Crippen LogP contribution in [0, 0.1) is 24.0 Å². The van der Waals surface area contributed by atoms with Gasteiger partial charge in [-0.3, -0.25) is 14.9 Å². The first-order valence-corrected chi connectivity index (χ1v) is 6.96. The van der Waals surface area contributed by atoms with E-state index in [9.17, 15) is 14.9 Å². The second-order valence-electron chi connectivity index (χ2n) is 5.17. The minimum absolute atomic E-state index is 0.0335. The topological polar surface area (TPSA) is 76.1 Å². The molecule has 114 valence electrons. The molecule has 2 aromatic rings. The Morgan fingerprint density at radius 1 is 1.23 bits per heavy atom. The van der Waals surface area contributed by atoms with Crippen LogP contribution < -0.4 is 9.88 Å². The Bertz CT molecular complexity index is 696. The van der Waals surface area contributed by atoms with E-state index in [1.54, 1.807) is 13.0 Å². The average Bonchev–Trinajstić information content (AvgIpc) is 2.48. The largest absolute Gasteiger partial charge is 0.325 e. The molecule has 2 rings (SSSR count). The summed E-state index contributed by atoms with van der Waals surface area (Å²) in [6.07, 6.45) is 4.14. The van der Waals surface area contributed by atoms with E-state index in [1.165, 1.54) is 12.1 Å². The summed E-state index contributed by atoms with van der Waals surface area (Å²) in [6, 6.07) is 8.38. The van der Waals surface area contributed by atoms with Crippen LogP contribution in [0.3, 0.4) is 0 Å². The fraction of sp³-hybridized carbons (Fsp3) is 0.250. The summed E-state index contributed by atoms with van der Waals surface area (Å²) in [4.78, 5) is 22.3. The number of nitrogens with one attached hydrogen (secondary N) is 1. The van der Waals surface area contributed by atoms with Gasteiger partial charge in [-0.25, -0.2) is 4.57 Å². The van der Waals surface area contributed by atoms with Crippen molar-refractivity contribution >= 4 is 17.3 Å². The number of amides is 1. The van der Waals surface area contributed by atoms with Gasteiger partial charge in [0.2, 0.25) is 5.91 Å². The van der Waals surface area contributed by atoms with Gasteiger partial charge in [-0.1, -0.05) is 6.07 Å². The van der Waals surface area contributed by atoms with Crippen LogP contribution in [0.2, 0.25) is 0 Å². The van der Waals surface area contributed by atoms with E-state index >= 15 is 0 Å². The normalized spacial score (nSPS) is 10.3. The van der Waals surface area contributed by atoms with Gasteiger partial charge in [0.15, 0.2) is 18.9 Å². The van der Waals surface area contributed by atoms with Crippen LogP contribution in [0.5, 0.6) is 0 Å². The lowest BCUT2D eigenvalue weighted by Crippen LogP contribution is -2.34. The van der Waals surface area contributed by atoms with E-state index in [0.717, 1.165) is 11.1 Å². The number of non-ortho nitro benzene ring substituents is 1. The average molecular weight is 300 g/mol. The quantitative estimate of drug-likeness (QED) is 0.523. The SMILES string of the molecule is Cc1cc[n+](CCC(=O)Nc2cc([N+](=O)[O-])ccc2C)cc1. The van der Waals surface area contributed by atoms with Crippen LogP contribution in [-0.2, 0) is 11.3 Å². The molecule has 6 heteroatoms. The number of hydrogen-bond donors (Lipinski definition) is 1. The molecule has 0 aliphatic rings. The third-order valence-electron chi connectivity index (χ3n) is 3.36. The highest BCUT2D eigenvalue weighted by Crippen LogP contribution is 2.21. The summed E-state index contributed by atoms with van der Waals surface area (Å²) in [5, 5.41) is 13.5. The lowest BCUT2D eigenvalue weighted by atomic mass is 10.1. The highest BCUT2D eigenvalue weighted by Gasteiger charge is 2.12. The zero-order valence-electron chi connectivity index (χ0n) is 12.6. The second-order valence-corrected chi connectivity index (χ2v) is 5.17. The fourth-order valence-corrected chi connectivity index (χ4v) is 1.98. The fourth-order valence-electron chi connectivity index (χ4n) is 1.98. The van der Waals surface area contributed by atoms with Crippen molar-refractivity contribution in [2.45, 2.75) is 26.8 Å². The van der Waals surface area contributed by atoms with E-state index in [1.807, 2.05) is 36.0 Å². The smallest absolute Gasteiger partial charge is 0.271 e. The van der Waals surface area contributed by atoms with Gasteiger partial charge < -0.3 is 5.32 Å². The Morgan fingerprint density at radius 3 is 2.55 bits per heavy atom.